The van der Waals surface area contributed by atoms with Crippen molar-refractivity contribution in [1.82, 2.24) is 4.98 Å². The molecule has 0 saturated heterocycles. The standard InChI is InChI=1S/C13H12ClNO2/c1-7(2)11-6-8(13(16)17)12-9(14)4-3-5-10(12)15-11/h3-7H,1-2H3,(H,16,17). The van der Waals surface area contributed by atoms with Gasteiger partial charge in [-0.15, -0.1) is 0 Å². The van der Waals surface area contributed by atoms with Crippen LogP contribution in [0.15, 0.2) is 24.3 Å². The Morgan fingerprint density at radius 1 is 1.41 bits per heavy atom. The molecule has 2 aromatic rings. The van der Waals surface area contributed by atoms with Crippen LogP contribution in [-0.2, 0) is 0 Å². The van der Waals surface area contributed by atoms with Crippen LogP contribution >= 0.6 is 11.6 Å². The van der Waals surface area contributed by atoms with E-state index in [-0.39, 0.29) is 11.5 Å². The second-order valence-corrected chi connectivity index (χ2v) is 4.60. The summed E-state index contributed by atoms with van der Waals surface area (Å²) in [5, 5.41) is 10.2. The Kier molecular flexibility index (Phi) is 3.03. The van der Waals surface area contributed by atoms with Crippen molar-refractivity contribution in [2.45, 2.75) is 19.8 Å². The van der Waals surface area contributed by atoms with Crippen LogP contribution < -0.4 is 0 Å². The zero-order valence-corrected chi connectivity index (χ0v) is 10.3. The molecule has 1 aromatic carbocycles. The highest BCUT2D eigenvalue weighted by molar-refractivity contribution is 6.36. The third-order valence-corrected chi connectivity index (χ3v) is 2.94. The SMILES string of the molecule is CC(C)c1cc(C(=O)O)c2c(Cl)cccc2n1. The van der Waals surface area contributed by atoms with Gasteiger partial charge in [0.15, 0.2) is 0 Å². The lowest BCUT2D eigenvalue weighted by molar-refractivity contribution is 0.0699. The number of carbonyl (C=O) groups is 1. The molecule has 0 aliphatic carbocycles. The van der Waals surface area contributed by atoms with Gasteiger partial charge in [0.2, 0.25) is 0 Å². The third-order valence-electron chi connectivity index (χ3n) is 2.62. The van der Waals surface area contributed by atoms with E-state index in [9.17, 15) is 9.90 Å². The smallest absolute Gasteiger partial charge is 0.336 e. The maximum Gasteiger partial charge on any atom is 0.336 e. The summed E-state index contributed by atoms with van der Waals surface area (Å²) in [6.07, 6.45) is 0. The predicted octanol–water partition coefficient (Wildman–Crippen LogP) is 3.71. The monoisotopic (exact) mass is 249 g/mol. The molecule has 0 aliphatic heterocycles. The van der Waals surface area contributed by atoms with Crippen molar-refractivity contribution in [2.24, 2.45) is 0 Å². The Hall–Kier alpha value is -1.61. The lowest BCUT2D eigenvalue weighted by atomic mass is 10.0. The zero-order chi connectivity index (χ0) is 12.6. The van der Waals surface area contributed by atoms with Crippen LogP contribution in [0.3, 0.4) is 0 Å². The van der Waals surface area contributed by atoms with Gasteiger partial charge in [0.05, 0.1) is 16.1 Å². The molecule has 1 aromatic heterocycles. The van der Waals surface area contributed by atoms with Crippen molar-refractivity contribution in [3.63, 3.8) is 0 Å². The number of pyridine rings is 1. The average molecular weight is 250 g/mol. The Morgan fingerprint density at radius 3 is 2.71 bits per heavy atom. The van der Waals surface area contributed by atoms with E-state index >= 15 is 0 Å². The molecule has 17 heavy (non-hydrogen) atoms. The molecule has 1 heterocycles. The largest absolute Gasteiger partial charge is 0.478 e. The van der Waals surface area contributed by atoms with Gasteiger partial charge in [-0.05, 0) is 24.1 Å². The molecule has 3 nitrogen and oxygen atoms in total. The van der Waals surface area contributed by atoms with Crippen LogP contribution in [0.2, 0.25) is 5.02 Å². The van der Waals surface area contributed by atoms with Gasteiger partial charge in [-0.25, -0.2) is 4.79 Å². The van der Waals surface area contributed by atoms with E-state index < -0.39 is 5.97 Å². The van der Waals surface area contributed by atoms with Crippen molar-refractivity contribution >= 4 is 28.5 Å². The number of aromatic carboxylic acids is 1. The first-order valence-corrected chi connectivity index (χ1v) is 5.71. The van der Waals surface area contributed by atoms with E-state index in [0.717, 1.165) is 5.69 Å². The van der Waals surface area contributed by atoms with Gasteiger partial charge in [0, 0.05) is 11.1 Å². The molecule has 0 unspecified atom stereocenters. The summed E-state index contributed by atoms with van der Waals surface area (Å²) < 4.78 is 0. The van der Waals surface area contributed by atoms with E-state index in [1.54, 1.807) is 24.3 Å². The molecular formula is C13H12ClNO2. The molecule has 2 rings (SSSR count). The summed E-state index contributed by atoms with van der Waals surface area (Å²) in [5.41, 5.74) is 1.60. The number of carboxylic acids is 1. The summed E-state index contributed by atoms with van der Waals surface area (Å²) in [7, 11) is 0. The number of benzene rings is 1. The molecule has 0 amide bonds. The summed E-state index contributed by atoms with van der Waals surface area (Å²) in [6.45, 7) is 3.95. The van der Waals surface area contributed by atoms with Gasteiger partial charge < -0.3 is 5.11 Å². The van der Waals surface area contributed by atoms with E-state index in [1.165, 1.54) is 0 Å². The summed E-state index contributed by atoms with van der Waals surface area (Å²) in [4.78, 5) is 15.7. The van der Waals surface area contributed by atoms with Crippen LogP contribution in [-0.4, -0.2) is 16.1 Å². The molecule has 0 radical (unpaired) electrons. The molecule has 4 heteroatoms. The molecular weight excluding hydrogens is 238 g/mol. The van der Waals surface area contributed by atoms with E-state index in [0.29, 0.717) is 15.9 Å². The lowest BCUT2D eigenvalue weighted by Gasteiger charge is -2.10. The van der Waals surface area contributed by atoms with Crippen molar-refractivity contribution in [3.05, 3.63) is 40.5 Å². The van der Waals surface area contributed by atoms with Crippen LogP contribution in [0.5, 0.6) is 0 Å². The molecule has 88 valence electrons. The third kappa shape index (κ3) is 2.11. The first kappa shape index (κ1) is 11.9. The molecule has 0 saturated carbocycles. The first-order valence-electron chi connectivity index (χ1n) is 5.33. The lowest BCUT2D eigenvalue weighted by Crippen LogP contribution is -2.03. The second-order valence-electron chi connectivity index (χ2n) is 4.19. The van der Waals surface area contributed by atoms with Crippen LogP contribution in [0, 0.1) is 0 Å². The summed E-state index contributed by atoms with van der Waals surface area (Å²) in [6, 6.07) is 6.82. The van der Waals surface area contributed by atoms with E-state index in [4.69, 9.17) is 11.6 Å². The highest BCUT2D eigenvalue weighted by Gasteiger charge is 2.15. The van der Waals surface area contributed by atoms with E-state index in [1.807, 2.05) is 13.8 Å². The number of hydrogen-bond acceptors (Lipinski definition) is 2. The van der Waals surface area contributed by atoms with Crippen LogP contribution in [0.4, 0.5) is 0 Å². The molecule has 0 aliphatic rings. The number of nitrogens with zero attached hydrogens (tertiary/aromatic N) is 1. The van der Waals surface area contributed by atoms with Gasteiger partial charge in [0.25, 0.3) is 0 Å². The topological polar surface area (TPSA) is 50.2 Å². The highest BCUT2D eigenvalue weighted by atomic mass is 35.5. The van der Waals surface area contributed by atoms with Crippen molar-refractivity contribution in [1.29, 1.82) is 0 Å². The van der Waals surface area contributed by atoms with Crippen molar-refractivity contribution < 1.29 is 9.90 Å². The normalized spacial score (nSPS) is 11.1. The number of fused-ring (bicyclic) bond motifs is 1. The maximum absolute atomic E-state index is 11.3. The molecule has 0 bridgehead atoms. The number of rotatable bonds is 2. The molecule has 1 N–H and O–H groups in total. The highest BCUT2D eigenvalue weighted by Crippen LogP contribution is 2.28. The van der Waals surface area contributed by atoms with Gasteiger partial charge >= 0.3 is 5.97 Å². The Balaban J connectivity index is 2.86. The Labute approximate surface area is 104 Å². The molecule has 0 atom stereocenters. The predicted molar refractivity (Wildman–Crippen MR) is 67.8 cm³/mol. The van der Waals surface area contributed by atoms with Crippen LogP contribution in [0.1, 0.15) is 35.8 Å². The van der Waals surface area contributed by atoms with Crippen molar-refractivity contribution in [2.75, 3.05) is 0 Å². The minimum atomic E-state index is -0.979. The number of halogens is 1. The summed E-state index contributed by atoms with van der Waals surface area (Å²) in [5.74, 6) is -0.802. The minimum Gasteiger partial charge on any atom is -0.478 e. The zero-order valence-electron chi connectivity index (χ0n) is 9.57. The maximum atomic E-state index is 11.3. The molecule has 0 fully saturated rings. The quantitative estimate of drug-likeness (QED) is 0.883. The van der Waals surface area contributed by atoms with Gasteiger partial charge in [0.1, 0.15) is 0 Å². The Bertz CT molecular complexity index is 593. The summed E-state index contributed by atoms with van der Waals surface area (Å²) >= 11 is 6.03. The number of aromatic nitrogens is 1. The fourth-order valence-electron chi connectivity index (χ4n) is 1.73. The first-order chi connectivity index (χ1) is 8.00. The molecule has 0 spiro atoms. The fourth-order valence-corrected chi connectivity index (χ4v) is 2.00. The average Bonchev–Trinajstić information content (AvgIpc) is 2.27. The minimum absolute atomic E-state index is 0.177. The van der Waals surface area contributed by atoms with E-state index in [2.05, 4.69) is 4.98 Å². The Morgan fingerprint density at radius 2 is 2.12 bits per heavy atom. The number of hydrogen-bond donors (Lipinski definition) is 1. The van der Waals surface area contributed by atoms with Crippen molar-refractivity contribution in [3.8, 4) is 0 Å². The van der Waals surface area contributed by atoms with Crippen LogP contribution in [0.25, 0.3) is 10.9 Å². The van der Waals surface area contributed by atoms with Gasteiger partial charge in [-0.1, -0.05) is 31.5 Å². The second kappa shape index (κ2) is 4.34. The van der Waals surface area contributed by atoms with Gasteiger partial charge in [-0.2, -0.15) is 0 Å². The fraction of sp³-hybridized carbons (Fsp3) is 0.231. The van der Waals surface area contributed by atoms with Gasteiger partial charge in [-0.3, -0.25) is 4.98 Å². The number of carboxylic acid groups (broad SMARTS) is 1.